The van der Waals surface area contributed by atoms with Crippen molar-refractivity contribution in [3.8, 4) is 6.07 Å². The van der Waals surface area contributed by atoms with E-state index in [1.54, 1.807) is 6.07 Å². The Bertz CT molecular complexity index is 541. The van der Waals surface area contributed by atoms with Crippen LogP contribution in [0, 0.1) is 22.6 Å². The molecule has 100 valence electrons. The summed E-state index contributed by atoms with van der Waals surface area (Å²) in [5.41, 5.74) is -0.351. The first kappa shape index (κ1) is 13.5. The zero-order valence-electron chi connectivity index (χ0n) is 11.2. The minimum absolute atomic E-state index is 0.209. The SMILES string of the molecule is CC(C)(CNC(=O)C1(C#N)CC1)c1cccc(F)c1. The predicted octanol–water partition coefficient (Wildman–Crippen LogP) is 2.52. The highest BCUT2D eigenvalue weighted by molar-refractivity contribution is 5.88. The maximum atomic E-state index is 13.2. The third-order valence-corrected chi connectivity index (χ3v) is 3.70. The molecule has 0 aliphatic heterocycles. The Morgan fingerprint density at radius 1 is 1.53 bits per heavy atom. The van der Waals surface area contributed by atoms with Crippen molar-refractivity contribution in [2.24, 2.45) is 5.41 Å². The number of hydrogen-bond acceptors (Lipinski definition) is 2. The number of carbonyl (C=O) groups is 1. The summed E-state index contributed by atoms with van der Waals surface area (Å²) in [5.74, 6) is -0.493. The lowest BCUT2D eigenvalue weighted by molar-refractivity contribution is -0.124. The van der Waals surface area contributed by atoms with E-state index in [9.17, 15) is 9.18 Å². The quantitative estimate of drug-likeness (QED) is 0.904. The maximum absolute atomic E-state index is 13.2. The molecule has 1 N–H and O–H groups in total. The smallest absolute Gasteiger partial charge is 0.240 e. The zero-order chi connectivity index (χ0) is 14.1. The number of rotatable bonds is 4. The molecule has 1 aromatic rings. The van der Waals surface area contributed by atoms with Crippen molar-refractivity contribution >= 4 is 5.91 Å². The van der Waals surface area contributed by atoms with Crippen LogP contribution in [0.1, 0.15) is 32.3 Å². The first-order chi connectivity index (χ1) is 8.89. The normalized spacial score (nSPS) is 16.5. The van der Waals surface area contributed by atoms with Gasteiger partial charge in [-0.2, -0.15) is 5.26 Å². The van der Waals surface area contributed by atoms with Crippen LogP contribution in [0.3, 0.4) is 0 Å². The van der Waals surface area contributed by atoms with Gasteiger partial charge in [0.1, 0.15) is 11.2 Å². The molecule has 1 amide bonds. The van der Waals surface area contributed by atoms with Gasteiger partial charge in [0.15, 0.2) is 0 Å². The number of amides is 1. The van der Waals surface area contributed by atoms with Gasteiger partial charge >= 0.3 is 0 Å². The highest BCUT2D eigenvalue weighted by Gasteiger charge is 2.50. The Morgan fingerprint density at radius 2 is 2.21 bits per heavy atom. The summed E-state index contributed by atoms with van der Waals surface area (Å²) in [6.07, 6.45) is 1.27. The largest absolute Gasteiger partial charge is 0.354 e. The van der Waals surface area contributed by atoms with E-state index >= 15 is 0 Å². The lowest BCUT2D eigenvalue weighted by Crippen LogP contribution is -2.40. The van der Waals surface area contributed by atoms with Crippen molar-refractivity contribution < 1.29 is 9.18 Å². The first-order valence-corrected chi connectivity index (χ1v) is 6.35. The van der Waals surface area contributed by atoms with Crippen molar-refractivity contribution in [1.29, 1.82) is 5.26 Å². The molecular weight excluding hydrogens is 243 g/mol. The second-order valence-electron chi connectivity index (χ2n) is 5.77. The summed E-state index contributed by atoms with van der Waals surface area (Å²) >= 11 is 0. The topological polar surface area (TPSA) is 52.9 Å². The molecular formula is C15H17FN2O. The van der Waals surface area contributed by atoms with Crippen molar-refractivity contribution in [1.82, 2.24) is 5.32 Å². The molecule has 4 heteroatoms. The van der Waals surface area contributed by atoms with Gasteiger partial charge in [0.25, 0.3) is 0 Å². The van der Waals surface area contributed by atoms with Crippen molar-refractivity contribution in [3.63, 3.8) is 0 Å². The highest BCUT2D eigenvalue weighted by Crippen LogP contribution is 2.45. The molecule has 19 heavy (non-hydrogen) atoms. The van der Waals surface area contributed by atoms with Crippen LogP contribution in [0.15, 0.2) is 24.3 Å². The Morgan fingerprint density at radius 3 is 2.74 bits per heavy atom. The first-order valence-electron chi connectivity index (χ1n) is 6.35. The van der Waals surface area contributed by atoms with Crippen LogP contribution < -0.4 is 5.32 Å². The number of carbonyl (C=O) groups excluding carboxylic acids is 1. The molecule has 1 saturated carbocycles. The van der Waals surface area contributed by atoms with Gasteiger partial charge in [-0.05, 0) is 30.5 Å². The van der Waals surface area contributed by atoms with E-state index in [-0.39, 0.29) is 17.1 Å². The van der Waals surface area contributed by atoms with Gasteiger partial charge in [-0.15, -0.1) is 0 Å². The highest BCUT2D eigenvalue weighted by atomic mass is 19.1. The van der Waals surface area contributed by atoms with Crippen LogP contribution in [0.5, 0.6) is 0 Å². The Balaban J connectivity index is 2.02. The van der Waals surface area contributed by atoms with E-state index in [1.807, 2.05) is 19.9 Å². The number of halogens is 1. The number of nitrogens with zero attached hydrogens (tertiary/aromatic N) is 1. The van der Waals surface area contributed by atoms with E-state index < -0.39 is 5.41 Å². The summed E-state index contributed by atoms with van der Waals surface area (Å²) in [6.45, 7) is 4.26. The van der Waals surface area contributed by atoms with Gasteiger partial charge in [-0.25, -0.2) is 4.39 Å². The molecule has 0 bridgehead atoms. The van der Waals surface area contributed by atoms with Crippen molar-refractivity contribution in [2.45, 2.75) is 32.1 Å². The van der Waals surface area contributed by atoms with Crippen molar-refractivity contribution in [3.05, 3.63) is 35.6 Å². The fourth-order valence-electron chi connectivity index (χ4n) is 2.00. The molecule has 0 heterocycles. The number of hydrogen-bond donors (Lipinski definition) is 1. The number of benzene rings is 1. The van der Waals surface area contributed by atoms with Crippen LogP contribution in [-0.2, 0) is 10.2 Å². The molecule has 0 atom stereocenters. The fraction of sp³-hybridized carbons (Fsp3) is 0.467. The molecule has 1 fully saturated rings. The van der Waals surface area contributed by atoms with Gasteiger partial charge in [0.05, 0.1) is 6.07 Å². The molecule has 0 saturated heterocycles. The summed E-state index contributed by atoms with van der Waals surface area (Å²) in [7, 11) is 0. The van der Waals surface area contributed by atoms with Crippen LogP contribution in [-0.4, -0.2) is 12.5 Å². The Kier molecular flexibility index (Phi) is 3.32. The Labute approximate surface area is 112 Å². The van der Waals surface area contributed by atoms with Gasteiger partial charge < -0.3 is 5.32 Å². The van der Waals surface area contributed by atoms with Gasteiger partial charge in [0.2, 0.25) is 5.91 Å². The van der Waals surface area contributed by atoms with Crippen LogP contribution in [0.25, 0.3) is 0 Å². The minimum Gasteiger partial charge on any atom is -0.354 e. The second-order valence-corrected chi connectivity index (χ2v) is 5.77. The molecule has 1 aliphatic rings. The van der Waals surface area contributed by atoms with Gasteiger partial charge in [-0.3, -0.25) is 4.79 Å². The van der Waals surface area contributed by atoms with E-state index in [2.05, 4.69) is 11.4 Å². The maximum Gasteiger partial charge on any atom is 0.240 e. The molecule has 1 aliphatic carbocycles. The monoisotopic (exact) mass is 260 g/mol. The van der Waals surface area contributed by atoms with Crippen LogP contribution in [0.2, 0.25) is 0 Å². The molecule has 1 aromatic carbocycles. The summed E-state index contributed by atoms with van der Waals surface area (Å²) in [5, 5.41) is 11.8. The van der Waals surface area contributed by atoms with Gasteiger partial charge in [-0.1, -0.05) is 26.0 Å². The average Bonchev–Trinajstić information content (AvgIpc) is 3.17. The molecule has 2 rings (SSSR count). The van der Waals surface area contributed by atoms with E-state index in [1.165, 1.54) is 12.1 Å². The lowest BCUT2D eigenvalue weighted by Gasteiger charge is -2.26. The summed E-state index contributed by atoms with van der Waals surface area (Å²) in [4.78, 5) is 11.9. The standard InChI is InChI=1S/C15H17FN2O/c1-14(2,11-4-3-5-12(16)8-11)10-18-13(19)15(9-17)6-7-15/h3-5,8H,6-7,10H2,1-2H3,(H,18,19). The third kappa shape index (κ3) is 2.76. The zero-order valence-corrected chi connectivity index (χ0v) is 11.2. The van der Waals surface area contributed by atoms with E-state index in [0.29, 0.717) is 19.4 Å². The van der Waals surface area contributed by atoms with Crippen molar-refractivity contribution in [2.75, 3.05) is 6.54 Å². The summed E-state index contributed by atoms with van der Waals surface area (Å²) < 4.78 is 13.2. The minimum atomic E-state index is -0.808. The van der Waals surface area contributed by atoms with Gasteiger partial charge in [0, 0.05) is 12.0 Å². The predicted molar refractivity (Wildman–Crippen MR) is 69.7 cm³/mol. The molecule has 0 radical (unpaired) electrons. The van der Waals surface area contributed by atoms with E-state index in [4.69, 9.17) is 5.26 Å². The van der Waals surface area contributed by atoms with Crippen LogP contribution >= 0.6 is 0 Å². The van der Waals surface area contributed by atoms with Crippen LogP contribution in [0.4, 0.5) is 4.39 Å². The molecule has 3 nitrogen and oxygen atoms in total. The Hall–Kier alpha value is -1.89. The molecule has 0 aromatic heterocycles. The number of nitriles is 1. The molecule has 0 unspecified atom stereocenters. The number of nitrogens with one attached hydrogen (secondary N) is 1. The summed E-state index contributed by atoms with van der Waals surface area (Å²) in [6, 6.07) is 8.44. The lowest BCUT2D eigenvalue weighted by atomic mass is 9.84. The van der Waals surface area contributed by atoms with E-state index in [0.717, 1.165) is 5.56 Å². The average molecular weight is 260 g/mol. The second kappa shape index (κ2) is 4.65. The third-order valence-electron chi connectivity index (χ3n) is 3.70. The fourth-order valence-corrected chi connectivity index (χ4v) is 2.00. The molecule has 0 spiro atoms.